The van der Waals surface area contributed by atoms with Gasteiger partial charge in [-0.15, -0.1) is 0 Å². The second-order valence-electron chi connectivity index (χ2n) is 7.28. The van der Waals surface area contributed by atoms with E-state index in [0.29, 0.717) is 5.92 Å². The summed E-state index contributed by atoms with van der Waals surface area (Å²) in [5.74, 6) is 0.701. The number of hydrogen-bond acceptors (Lipinski definition) is 3. The Kier molecular flexibility index (Phi) is 2.40. The van der Waals surface area contributed by atoms with Crippen LogP contribution in [0.15, 0.2) is 0 Å². The number of nitrogens with one attached hydrogen (secondary N) is 1. The average molecular weight is 252 g/mol. The molecular weight excluding hydrogens is 228 g/mol. The summed E-state index contributed by atoms with van der Waals surface area (Å²) in [7, 11) is 0. The van der Waals surface area contributed by atoms with Crippen LogP contribution in [0.2, 0.25) is 0 Å². The summed E-state index contributed by atoms with van der Waals surface area (Å²) < 4.78 is 5.65. The summed E-state index contributed by atoms with van der Waals surface area (Å²) in [4.78, 5) is 12.4. The monoisotopic (exact) mass is 252 g/mol. The molecule has 1 saturated heterocycles. The third-order valence-corrected chi connectivity index (χ3v) is 6.04. The molecule has 1 amide bonds. The van der Waals surface area contributed by atoms with E-state index >= 15 is 0 Å². The van der Waals surface area contributed by atoms with Crippen LogP contribution in [0.25, 0.3) is 0 Å². The Morgan fingerprint density at radius 3 is 2.44 bits per heavy atom. The molecule has 3 N–H and O–H groups in total. The van der Waals surface area contributed by atoms with Gasteiger partial charge in [0.1, 0.15) is 0 Å². The minimum absolute atomic E-state index is 0.0252. The number of rotatable bonds is 2. The van der Waals surface area contributed by atoms with E-state index in [1.165, 1.54) is 0 Å². The molecular formula is C14H24N2O2. The molecule has 0 aromatic carbocycles. The number of fused-ring (bicyclic) bond motifs is 1. The van der Waals surface area contributed by atoms with Crippen molar-refractivity contribution in [3.05, 3.63) is 0 Å². The van der Waals surface area contributed by atoms with Crippen molar-refractivity contribution >= 4 is 5.91 Å². The highest BCUT2D eigenvalue weighted by Crippen LogP contribution is 2.68. The van der Waals surface area contributed by atoms with E-state index in [1.54, 1.807) is 0 Å². The van der Waals surface area contributed by atoms with Gasteiger partial charge < -0.3 is 15.8 Å². The van der Waals surface area contributed by atoms with Crippen LogP contribution in [0.3, 0.4) is 0 Å². The van der Waals surface area contributed by atoms with Gasteiger partial charge >= 0.3 is 0 Å². The maximum Gasteiger partial charge on any atom is 0.224 e. The Labute approximate surface area is 109 Å². The fourth-order valence-corrected chi connectivity index (χ4v) is 4.03. The number of hydrogen-bond donors (Lipinski definition) is 2. The van der Waals surface area contributed by atoms with Crippen molar-refractivity contribution in [2.45, 2.75) is 52.3 Å². The molecule has 3 fully saturated rings. The van der Waals surface area contributed by atoms with E-state index < -0.39 is 0 Å². The maximum atomic E-state index is 12.4. The molecule has 4 heteroatoms. The highest BCUT2D eigenvalue weighted by molar-refractivity contribution is 5.84. The van der Waals surface area contributed by atoms with Crippen LogP contribution < -0.4 is 11.1 Å². The molecule has 0 aromatic heterocycles. The van der Waals surface area contributed by atoms with Gasteiger partial charge in [-0.3, -0.25) is 4.79 Å². The number of ether oxygens (including phenoxy) is 1. The Balaban J connectivity index is 1.63. The molecule has 1 aliphatic heterocycles. The van der Waals surface area contributed by atoms with Crippen molar-refractivity contribution in [1.29, 1.82) is 0 Å². The summed E-state index contributed by atoms with van der Waals surface area (Å²) in [6, 6.07) is 0.101. The number of amides is 1. The Bertz CT molecular complexity index is 377. The Hall–Kier alpha value is -0.610. The van der Waals surface area contributed by atoms with Gasteiger partial charge in [-0.2, -0.15) is 0 Å². The van der Waals surface area contributed by atoms with Gasteiger partial charge in [0.25, 0.3) is 0 Å². The lowest BCUT2D eigenvalue weighted by Gasteiger charge is -2.45. The van der Waals surface area contributed by atoms with Gasteiger partial charge in [-0.1, -0.05) is 27.7 Å². The molecule has 0 radical (unpaired) electrons. The normalized spacial score (nSPS) is 44.1. The lowest BCUT2D eigenvalue weighted by Crippen LogP contribution is -2.69. The van der Waals surface area contributed by atoms with Crippen molar-refractivity contribution < 1.29 is 9.53 Å². The molecule has 4 atom stereocenters. The molecule has 0 aromatic rings. The van der Waals surface area contributed by atoms with E-state index in [-0.39, 0.29) is 40.8 Å². The summed E-state index contributed by atoms with van der Waals surface area (Å²) in [5, 5.41) is 3.12. The Morgan fingerprint density at radius 2 is 1.89 bits per heavy atom. The van der Waals surface area contributed by atoms with Crippen LogP contribution in [0.1, 0.15) is 34.1 Å². The summed E-state index contributed by atoms with van der Waals surface area (Å²) >= 11 is 0. The molecule has 102 valence electrons. The van der Waals surface area contributed by atoms with Gasteiger partial charge in [0.15, 0.2) is 0 Å². The summed E-state index contributed by atoms with van der Waals surface area (Å²) in [6.45, 7) is 9.43. The highest BCUT2D eigenvalue weighted by atomic mass is 16.5. The number of carbonyl (C=O) groups excluding carboxylic acids is 1. The van der Waals surface area contributed by atoms with Crippen LogP contribution in [-0.4, -0.2) is 30.7 Å². The standard InChI is InChI=1S/C14H24N2O2/c1-13(2)11(14(13,3)4)12(17)16-9-8(15)7-5-6-18-10(7)9/h7-11H,5-6,15H2,1-4H3,(H,16,17). The topological polar surface area (TPSA) is 64.4 Å². The zero-order valence-electron chi connectivity index (χ0n) is 11.7. The first-order valence-electron chi connectivity index (χ1n) is 6.96. The second kappa shape index (κ2) is 3.48. The third-order valence-electron chi connectivity index (χ3n) is 6.04. The molecule has 1 heterocycles. The van der Waals surface area contributed by atoms with Crippen molar-refractivity contribution in [3.63, 3.8) is 0 Å². The fraction of sp³-hybridized carbons (Fsp3) is 0.929. The predicted octanol–water partition coefficient (Wildman–Crippen LogP) is 0.899. The van der Waals surface area contributed by atoms with E-state index in [4.69, 9.17) is 10.5 Å². The zero-order valence-corrected chi connectivity index (χ0v) is 11.7. The lowest BCUT2D eigenvalue weighted by atomic mass is 9.72. The lowest BCUT2D eigenvalue weighted by molar-refractivity contribution is -0.128. The van der Waals surface area contributed by atoms with E-state index in [0.717, 1.165) is 13.0 Å². The van der Waals surface area contributed by atoms with Gasteiger partial charge in [-0.05, 0) is 17.3 Å². The summed E-state index contributed by atoms with van der Waals surface area (Å²) in [6.07, 6.45) is 1.20. The summed E-state index contributed by atoms with van der Waals surface area (Å²) in [5.41, 5.74) is 6.29. The van der Waals surface area contributed by atoms with Crippen LogP contribution >= 0.6 is 0 Å². The first kappa shape index (κ1) is 12.4. The SMILES string of the molecule is CC1(C)C(C(=O)NC2C(N)C3CCOC32)C1(C)C. The molecule has 18 heavy (non-hydrogen) atoms. The van der Waals surface area contributed by atoms with Crippen LogP contribution in [0.5, 0.6) is 0 Å². The van der Waals surface area contributed by atoms with Gasteiger partial charge in [-0.25, -0.2) is 0 Å². The van der Waals surface area contributed by atoms with Gasteiger partial charge in [0.05, 0.1) is 12.1 Å². The van der Waals surface area contributed by atoms with Crippen molar-refractivity contribution in [2.24, 2.45) is 28.4 Å². The van der Waals surface area contributed by atoms with Crippen LogP contribution in [0.4, 0.5) is 0 Å². The quantitative estimate of drug-likeness (QED) is 0.767. The third kappa shape index (κ3) is 1.36. The van der Waals surface area contributed by atoms with Crippen molar-refractivity contribution in [2.75, 3.05) is 6.61 Å². The molecule has 3 rings (SSSR count). The molecule has 4 unspecified atom stereocenters. The minimum Gasteiger partial charge on any atom is -0.376 e. The largest absolute Gasteiger partial charge is 0.376 e. The number of nitrogens with two attached hydrogens (primary N) is 1. The highest BCUT2D eigenvalue weighted by Gasteiger charge is 2.68. The van der Waals surface area contributed by atoms with Crippen LogP contribution in [-0.2, 0) is 9.53 Å². The second-order valence-corrected chi connectivity index (χ2v) is 7.28. The van der Waals surface area contributed by atoms with Crippen molar-refractivity contribution in [3.8, 4) is 0 Å². The van der Waals surface area contributed by atoms with E-state index in [9.17, 15) is 4.79 Å². The zero-order chi connectivity index (χ0) is 13.3. The Morgan fingerprint density at radius 1 is 1.28 bits per heavy atom. The first-order valence-corrected chi connectivity index (χ1v) is 6.96. The molecule has 3 aliphatic rings. The number of carbonyl (C=O) groups is 1. The van der Waals surface area contributed by atoms with E-state index in [2.05, 4.69) is 33.0 Å². The molecule has 2 saturated carbocycles. The average Bonchev–Trinajstić information content (AvgIpc) is 2.66. The molecule has 4 nitrogen and oxygen atoms in total. The molecule has 0 bridgehead atoms. The molecule has 2 aliphatic carbocycles. The van der Waals surface area contributed by atoms with Crippen LogP contribution in [0, 0.1) is 22.7 Å². The maximum absolute atomic E-state index is 12.4. The first-order chi connectivity index (χ1) is 8.28. The van der Waals surface area contributed by atoms with Gasteiger partial charge in [0.2, 0.25) is 5.91 Å². The predicted molar refractivity (Wildman–Crippen MR) is 68.8 cm³/mol. The van der Waals surface area contributed by atoms with Crippen molar-refractivity contribution in [1.82, 2.24) is 5.32 Å². The smallest absolute Gasteiger partial charge is 0.224 e. The fourth-order valence-electron chi connectivity index (χ4n) is 4.03. The molecule has 0 spiro atoms. The minimum atomic E-state index is 0.0252. The van der Waals surface area contributed by atoms with Gasteiger partial charge in [0, 0.05) is 24.5 Å². The van der Waals surface area contributed by atoms with E-state index in [1.807, 2.05) is 0 Å².